The molecule has 0 aliphatic heterocycles. The van der Waals surface area contributed by atoms with Gasteiger partial charge in [0.05, 0.1) is 6.54 Å². The standard InChI is InChI=1S/C10H20N2O/c1-3-8(2)6-11-7-10(13)12-9-4-5-9/h8-9,11H,3-7H2,1-2H3,(H,12,13). The number of hydrogen-bond donors (Lipinski definition) is 2. The molecule has 1 unspecified atom stereocenters. The van der Waals surface area contributed by atoms with Crippen LogP contribution in [-0.4, -0.2) is 25.0 Å². The van der Waals surface area contributed by atoms with Crippen molar-refractivity contribution < 1.29 is 4.79 Å². The highest BCUT2D eigenvalue weighted by molar-refractivity contribution is 5.78. The van der Waals surface area contributed by atoms with Crippen LogP contribution < -0.4 is 10.6 Å². The molecule has 0 bridgehead atoms. The van der Waals surface area contributed by atoms with Crippen molar-refractivity contribution in [3.8, 4) is 0 Å². The van der Waals surface area contributed by atoms with E-state index in [4.69, 9.17) is 0 Å². The summed E-state index contributed by atoms with van der Waals surface area (Å²) >= 11 is 0. The first kappa shape index (κ1) is 10.5. The Balaban J connectivity index is 1.94. The van der Waals surface area contributed by atoms with Gasteiger partial charge in [-0.05, 0) is 25.3 Å². The first-order valence-electron chi connectivity index (χ1n) is 5.22. The Morgan fingerprint density at radius 2 is 2.23 bits per heavy atom. The molecule has 0 aromatic carbocycles. The number of rotatable bonds is 6. The zero-order chi connectivity index (χ0) is 9.68. The lowest BCUT2D eigenvalue weighted by Crippen LogP contribution is -2.36. The molecule has 1 rings (SSSR count). The molecular weight excluding hydrogens is 164 g/mol. The molecule has 0 aromatic rings. The van der Waals surface area contributed by atoms with Gasteiger partial charge in [0, 0.05) is 6.04 Å². The molecule has 0 aromatic heterocycles. The average molecular weight is 184 g/mol. The van der Waals surface area contributed by atoms with Crippen LogP contribution in [0.5, 0.6) is 0 Å². The summed E-state index contributed by atoms with van der Waals surface area (Å²) in [5.74, 6) is 0.805. The van der Waals surface area contributed by atoms with Gasteiger partial charge >= 0.3 is 0 Å². The maximum Gasteiger partial charge on any atom is 0.234 e. The van der Waals surface area contributed by atoms with Gasteiger partial charge in [0.25, 0.3) is 0 Å². The monoisotopic (exact) mass is 184 g/mol. The fourth-order valence-electron chi connectivity index (χ4n) is 1.08. The summed E-state index contributed by atoms with van der Waals surface area (Å²) in [5, 5.41) is 6.10. The van der Waals surface area contributed by atoms with Crippen LogP contribution in [0.2, 0.25) is 0 Å². The van der Waals surface area contributed by atoms with Crippen LogP contribution in [0.4, 0.5) is 0 Å². The third kappa shape index (κ3) is 4.88. The molecule has 1 fully saturated rings. The lowest BCUT2D eigenvalue weighted by Gasteiger charge is -2.09. The quantitative estimate of drug-likeness (QED) is 0.644. The smallest absolute Gasteiger partial charge is 0.234 e. The molecular formula is C10H20N2O. The second-order valence-electron chi connectivity index (χ2n) is 3.99. The van der Waals surface area contributed by atoms with Crippen molar-refractivity contribution in [2.75, 3.05) is 13.1 Å². The highest BCUT2D eigenvalue weighted by atomic mass is 16.2. The summed E-state index contributed by atoms with van der Waals surface area (Å²) < 4.78 is 0. The summed E-state index contributed by atoms with van der Waals surface area (Å²) in [6, 6.07) is 0.484. The minimum Gasteiger partial charge on any atom is -0.352 e. The van der Waals surface area contributed by atoms with Crippen LogP contribution in [0.15, 0.2) is 0 Å². The number of carbonyl (C=O) groups excluding carboxylic acids is 1. The Labute approximate surface area is 80.3 Å². The molecule has 1 amide bonds. The first-order valence-corrected chi connectivity index (χ1v) is 5.22. The van der Waals surface area contributed by atoms with Gasteiger partial charge in [-0.15, -0.1) is 0 Å². The van der Waals surface area contributed by atoms with E-state index in [1.54, 1.807) is 0 Å². The summed E-state index contributed by atoms with van der Waals surface area (Å²) in [4.78, 5) is 11.2. The largest absolute Gasteiger partial charge is 0.352 e. The van der Waals surface area contributed by atoms with Gasteiger partial charge in [0.15, 0.2) is 0 Å². The second kappa shape index (κ2) is 5.22. The van der Waals surface area contributed by atoms with Gasteiger partial charge in [-0.25, -0.2) is 0 Å². The van der Waals surface area contributed by atoms with E-state index in [1.165, 1.54) is 0 Å². The van der Waals surface area contributed by atoms with Crippen molar-refractivity contribution in [1.82, 2.24) is 10.6 Å². The molecule has 1 aliphatic rings. The zero-order valence-electron chi connectivity index (χ0n) is 8.60. The SMILES string of the molecule is CCC(C)CNCC(=O)NC1CC1. The third-order valence-electron chi connectivity index (χ3n) is 2.42. The molecule has 0 radical (unpaired) electrons. The van der Waals surface area contributed by atoms with Crippen LogP contribution in [0.3, 0.4) is 0 Å². The zero-order valence-corrected chi connectivity index (χ0v) is 8.60. The number of nitrogens with one attached hydrogen (secondary N) is 2. The van der Waals surface area contributed by atoms with Crippen molar-refractivity contribution in [1.29, 1.82) is 0 Å². The molecule has 1 saturated carbocycles. The van der Waals surface area contributed by atoms with Gasteiger partial charge in [-0.2, -0.15) is 0 Å². The van der Waals surface area contributed by atoms with Gasteiger partial charge in [-0.3, -0.25) is 4.79 Å². The second-order valence-corrected chi connectivity index (χ2v) is 3.99. The normalized spacial score (nSPS) is 18.3. The summed E-state index contributed by atoms with van der Waals surface area (Å²) in [6.45, 7) is 5.76. The maximum absolute atomic E-state index is 11.2. The molecule has 3 nitrogen and oxygen atoms in total. The topological polar surface area (TPSA) is 41.1 Å². The van der Waals surface area contributed by atoms with E-state index >= 15 is 0 Å². The van der Waals surface area contributed by atoms with Crippen molar-refractivity contribution >= 4 is 5.91 Å². The minimum atomic E-state index is 0.144. The van der Waals surface area contributed by atoms with E-state index in [-0.39, 0.29) is 5.91 Å². The average Bonchev–Trinajstić information content (AvgIpc) is 2.88. The van der Waals surface area contributed by atoms with E-state index in [9.17, 15) is 4.79 Å². The summed E-state index contributed by atoms with van der Waals surface area (Å²) in [7, 11) is 0. The first-order chi connectivity index (χ1) is 6.22. The Morgan fingerprint density at radius 1 is 1.54 bits per heavy atom. The predicted molar refractivity (Wildman–Crippen MR) is 53.5 cm³/mol. The van der Waals surface area contributed by atoms with E-state index in [1.807, 2.05) is 0 Å². The van der Waals surface area contributed by atoms with Crippen molar-refractivity contribution in [3.63, 3.8) is 0 Å². The Kier molecular flexibility index (Phi) is 4.22. The van der Waals surface area contributed by atoms with Gasteiger partial charge in [-0.1, -0.05) is 20.3 Å². The molecule has 0 heterocycles. The lowest BCUT2D eigenvalue weighted by atomic mass is 10.1. The van der Waals surface area contributed by atoms with E-state index < -0.39 is 0 Å². The predicted octanol–water partition coefficient (Wildman–Crippen LogP) is 0.901. The van der Waals surface area contributed by atoms with Crippen molar-refractivity contribution in [3.05, 3.63) is 0 Å². The molecule has 2 N–H and O–H groups in total. The maximum atomic E-state index is 11.2. The fourth-order valence-corrected chi connectivity index (χ4v) is 1.08. The molecule has 1 atom stereocenters. The molecule has 1 aliphatic carbocycles. The molecule has 0 saturated heterocycles. The van der Waals surface area contributed by atoms with Gasteiger partial charge < -0.3 is 10.6 Å². The fraction of sp³-hybridized carbons (Fsp3) is 0.900. The lowest BCUT2D eigenvalue weighted by molar-refractivity contribution is -0.120. The Bertz CT molecular complexity index is 166. The third-order valence-corrected chi connectivity index (χ3v) is 2.42. The number of amides is 1. The van der Waals surface area contributed by atoms with Crippen LogP contribution >= 0.6 is 0 Å². The van der Waals surface area contributed by atoms with Crippen LogP contribution in [0.1, 0.15) is 33.1 Å². The molecule has 76 valence electrons. The van der Waals surface area contributed by atoms with Crippen LogP contribution in [-0.2, 0) is 4.79 Å². The summed E-state index contributed by atoms with van der Waals surface area (Å²) in [6.07, 6.45) is 3.49. The van der Waals surface area contributed by atoms with E-state index in [2.05, 4.69) is 24.5 Å². The highest BCUT2D eigenvalue weighted by Gasteiger charge is 2.22. The van der Waals surface area contributed by atoms with Crippen molar-refractivity contribution in [2.45, 2.75) is 39.2 Å². The number of carbonyl (C=O) groups is 1. The summed E-state index contributed by atoms with van der Waals surface area (Å²) in [5.41, 5.74) is 0. The van der Waals surface area contributed by atoms with Crippen LogP contribution in [0, 0.1) is 5.92 Å². The highest BCUT2D eigenvalue weighted by Crippen LogP contribution is 2.18. The van der Waals surface area contributed by atoms with Crippen LogP contribution in [0.25, 0.3) is 0 Å². The molecule has 0 spiro atoms. The molecule has 3 heteroatoms. The van der Waals surface area contributed by atoms with E-state index in [0.717, 1.165) is 25.8 Å². The Morgan fingerprint density at radius 3 is 2.77 bits per heavy atom. The Hall–Kier alpha value is -0.570. The minimum absolute atomic E-state index is 0.144. The van der Waals surface area contributed by atoms with Gasteiger partial charge in [0.2, 0.25) is 5.91 Å². The molecule has 13 heavy (non-hydrogen) atoms. The number of hydrogen-bond acceptors (Lipinski definition) is 2. The van der Waals surface area contributed by atoms with E-state index in [0.29, 0.717) is 18.5 Å². The van der Waals surface area contributed by atoms with Crippen molar-refractivity contribution in [2.24, 2.45) is 5.92 Å². The van der Waals surface area contributed by atoms with Gasteiger partial charge in [0.1, 0.15) is 0 Å².